The fourth-order valence-corrected chi connectivity index (χ4v) is 4.40. The van der Waals surface area contributed by atoms with E-state index >= 15 is 0 Å². The summed E-state index contributed by atoms with van der Waals surface area (Å²) in [5.74, 6) is 1.37. The van der Waals surface area contributed by atoms with Gasteiger partial charge in [0.2, 0.25) is 11.8 Å². The first kappa shape index (κ1) is 19.5. The summed E-state index contributed by atoms with van der Waals surface area (Å²) in [6.07, 6.45) is 5.41. The van der Waals surface area contributed by atoms with Crippen LogP contribution in [0.25, 0.3) is 21.9 Å². The highest BCUT2D eigenvalue weighted by Crippen LogP contribution is 2.32. The predicted molar refractivity (Wildman–Crippen MR) is 115 cm³/mol. The van der Waals surface area contributed by atoms with Crippen LogP contribution in [0.5, 0.6) is 0 Å². The van der Waals surface area contributed by atoms with Crippen LogP contribution in [-0.2, 0) is 16.0 Å². The minimum Gasteiger partial charge on any atom is -0.355 e. The number of piperidine rings is 1. The van der Waals surface area contributed by atoms with Gasteiger partial charge in [0.25, 0.3) is 0 Å². The van der Waals surface area contributed by atoms with E-state index in [0.717, 1.165) is 23.0 Å². The number of fused-ring (bicyclic) bond motifs is 3. The smallest absolute Gasteiger partial charge is 0.227 e. The second kappa shape index (κ2) is 7.65. The largest absolute Gasteiger partial charge is 0.355 e. The SMILES string of the molecule is CN1C[C@H](n2c(CC(=O)NCC3CC3)nc3cnc4ccc(C#N)cc4c32)CCC1=O. The highest BCUT2D eigenvalue weighted by atomic mass is 16.2. The molecule has 0 unspecified atom stereocenters. The Balaban J connectivity index is 1.62. The van der Waals surface area contributed by atoms with Crippen molar-refractivity contribution in [3.05, 3.63) is 35.8 Å². The molecule has 2 amide bonds. The van der Waals surface area contributed by atoms with Gasteiger partial charge in [-0.05, 0) is 43.4 Å². The van der Waals surface area contributed by atoms with Crippen LogP contribution in [-0.4, -0.2) is 51.4 Å². The van der Waals surface area contributed by atoms with Crippen molar-refractivity contribution in [1.82, 2.24) is 24.8 Å². The number of likely N-dealkylation sites (tertiary alicyclic amines) is 1. The van der Waals surface area contributed by atoms with Crippen LogP contribution < -0.4 is 5.32 Å². The average Bonchev–Trinajstić information content (AvgIpc) is 3.53. The molecule has 31 heavy (non-hydrogen) atoms. The van der Waals surface area contributed by atoms with Crippen LogP contribution in [0.1, 0.15) is 43.1 Å². The first-order chi connectivity index (χ1) is 15.0. The van der Waals surface area contributed by atoms with Crippen molar-refractivity contribution in [3.63, 3.8) is 0 Å². The van der Waals surface area contributed by atoms with E-state index in [1.54, 1.807) is 17.2 Å². The molecule has 1 N–H and O–H groups in total. The lowest BCUT2D eigenvalue weighted by Crippen LogP contribution is -2.38. The van der Waals surface area contributed by atoms with Gasteiger partial charge in [0.15, 0.2) is 0 Å². The van der Waals surface area contributed by atoms with Gasteiger partial charge in [0.1, 0.15) is 11.3 Å². The molecule has 0 bridgehead atoms. The van der Waals surface area contributed by atoms with Crippen LogP contribution in [0.2, 0.25) is 0 Å². The molecule has 1 aromatic carbocycles. The maximum atomic E-state index is 12.6. The Labute approximate surface area is 179 Å². The second-order valence-electron chi connectivity index (χ2n) is 8.62. The topological polar surface area (TPSA) is 104 Å². The van der Waals surface area contributed by atoms with Gasteiger partial charge in [-0.1, -0.05) is 0 Å². The fourth-order valence-electron chi connectivity index (χ4n) is 4.40. The number of amides is 2. The molecule has 1 saturated carbocycles. The maximum Gasteiger partial charge on any atom is 0.227 e. The van der Waals surface area contributed by atoms with E-state index in [2.05, 4.69) is 20.9 Å². The average molecular weight is 416 g/mol. The van der Waals surface area contributed by atoms with Crippen LogP contribution >= 0.6 is 0 Å². The summed E-state index contributed by atoms with van der Waals surface area (Å²) in [6.45, 7) is 1.28. The van der Waals surface area contributed by atoms with E-state index in [9.17, 15) is 14.9 Å². The molecule has 0 spiro atoms. The van der Waals surface area contributed by atoms with Crippen molar-refractivity contribution < 1.29 is 9.59 Å². The van der Waals surface area contributed by atoms with E-state index in [4.69, 9.17) is 4.98 Å². The van der Waals surface area contributed by atoms with E-state index in [1.165, 1.54) is 12.8 Å². The summed E-state index contributed by atoms with van der Waals surface area (Å²) < 4.78 is 2.11. The number of nitrogens with zero attached hydrogens (tertiary/aromatic N) is 5. The summed E-state index contributed by atoms with van der Waals surface area (Å²) in [4.78, 5) is 35.7. The van der Waals surface area contributed by atoms with Gasteiger partial charge in [0.05, 0.1) is 41.3 Å². The molecule has 3 aromatic rings. The van der Waals surface area contributed by atoms with Gasteiger partial charge in [-0.15, -0.1) is 0 Å². The maximum absolute atomic E-state index is 12.6. The lowest BCUT2D eigenvalue weighted by atomic mass is 10.0. The highest BCUT2D eigenvalue weighted by molar-refractivity contribution is 6.03. The first-order valence-electron chi connectivity index (χ1n) is 10.7. The minimum atomic E-state index is -0.0429. The molecule has 2 fully saturated rings. The molecule has 1 aliphatic carbocycles. The molecule has 5 rings (SSSR count). The molecule has 1 atom stereocenters. The Morgan fingerprint density at radius 1 is 1.29 bits per heavy atom. The Morgan fingerprint density at radius 3 is 2.87 bits per heavy atom. The summed E-state index contributed by atoms with van der Waals surface area (Å²) in [5, 5.41) is 13.3. The zero-order chi connectivity index (χ0) is 21.5. The number of imidazole rings is 1. The van der Waals surface area contributed by atoms with Crippen LogP contribution in [0, 0.1) is 17.2 Å². The Morgan fingerprint density at radius 2 is 2.13 bits per heavy atom. The van der Waals surface area contributed by atoms with Gasteiger partial charge in [0, 0.05) is 31.9 Å². The molecule has 8 heteroatoms. The lowest BCUT2D eigenvalue weighted by Gasteiger charge is -2.32. The third-order valence-electron chi connectivity index (χ3n) is 6.29. The summed E-state index contributed by atoms with van der Waals surface area (Å²) >= 11 is 0. The van der Waals surface area contributed by atoms with E-state index in [0.29, 0.717) is 42.2 Å². The number of pyridine rings is 1. The summed E-state index contributed by atoms with van der Waals surface area (Å²) in [6, 6.07) is 7.62. The molecular weight excluding hydrogens is 392 g/mol. The van der Waals surface area contributed by atoms with Gasteiger partial charge in [-0.2, -0.15) is 5.26 Å². The number of carbonyl (C=O) groups is 2. The van der Waals surface area contributed by atoms with E-state index < -0.39 is 0 Å². The number of aromatic nitrogens is 3. The highest BCUT2D eigenvalue weighted by Gasteiger charge is 2.29. The quantitative estimate of drug-likeness (QED) is 0.687. The summed E-state index contributed by atoms with van der Waals surface area (Å²) in [7, 11) is 1.81. The Hall–Kier alpha value is -3.47. The summed E-state index contributed by atoms with van der Waals surface area (Å²) in [5.41, 5.74) is 2.90. The third-order valence-corrected chi connectivity index (χ3v) is 6.29. The van der Waals surface area contributed by atoms with Crippen molar-refractivity contribution in [2.45, 2.75) is 38.1 Å². The standard InChI is InChI=1S/C23H24N6O2/c1-28-13-16(5-7-22(28)31)29-20(9-21(30)26-11-14-2-3-14)27-19-12-25-18-6-4-15(10-24)8-17(18)23(19)29/h4,6,8,12,14,16H,2-3,5,7,9,11,13H2,1H3,(H,26,30)/t16-/m1/s1. The molecule has 2 aliphatic rings. The lowest BCUT2D eigenvalue weighted by molar-refractivity contribution is -0.133. The minimum absolute atomic E-state index is 0.00951. The Kier molecular flexibility index (Phi) is 4.81. The molecular formula is C23H24N6O2. The van der Waals surface area contributed by atoms with Crippen molar-refractivity contribution in [2.24, 2.45) is 5.92 Å². The molecule has 8 nitrogen and oxygen atoms in total. The zero-order valence-electron chi connectivity index (χ0n) is 17.5. The number of hydrogen-bond donors (Lipinski definition) is 1. The number of hydrogen-bond acceptors (Lipinski definition) is 5. The third kappa shape index (κ3) is 3.72. The molecule has 2 aromatic heterocycles. The van der Waals surface area contributed by atoms with Gasteiger partial charge >= 0.3 is 0 Å². The van der Waals surface area contributed by atoms with Gasteiger partial charge in [-0.3, -0.25) is 14.6 Å². The van der Waals surface area contributed by atoms with E-state index in [1.807, 2.05) is 19.2 Å². The van der Waals surface area contributed by atoms with Crippen molar-refractivity contribution in [3.8, 4) is 6.07 Å². The predicted octanol–water partition coefficient (Wildman–Crippen LogP) is 2.32. The molecule has 3 heterocycles. The van der Waals surface area contributed by atoms with Crippen molar-refractivity contribution in [2.75, 3.05) is 20.1 Å². The molecule has 158 valence electrons. The number of carbonyl (C=O) groups excluding carboxylic acids is 2. The monoisotopic (exact) mass is 416 g/mol. The van der Waals surface area contributed by atoms with Gasteiger partial charge < -0.3 is 14.8 Å². The fraction of sp³-hybridized carbons (Fsp3) is 0.435. The molecule has 0 radical (unpaired) electrons. The first-order valence-corrected chi connectivity index (χ1v) is 10.7. The van der Waals surface area contributed by atoms with Crippen molar-refractivity contribution in [1.29, 1.82) is 5.26 Å². The van der Waals surface area contributed by atoms with E-state index in [-0.39, 0.29) is 24.3 Å². The zero-order valence-corrected chi connectivity index (χ0v) is 17.5. The van der Waals surface area contributed by atoms with Crippen LogP contribution in [0.4, 0.5) is 0 Å². The number of likely N-dealkylation sites (N-methyl/N-ethyl adjacent to an activating group) is 1. The molecule has 1 saturated heterocycles. The normalized spacial score (nSPS) is 19.0. The number of benzene rings is 1. The van der Waals surface area contributed by atoms with Crippen LogP contribution in [0.15, 0.2) is 24.4 Å². The number of nitriles is 1. The number of rotatable bonds is 5. The molecule has 1 aliphatic heterocycles. The second-order valence-corrected chi connectivity index (χ2v) is 8.62. The Bertz CT molecular complexity index is 1240. The van der Waals surface area contributed by atoms with Crippen LogP contribution in [0.3, 0.4) is 0 Å². The van der Waals surface area contributed by atoms with Crippen molar-refractivity contribution >= 4 is 33.8 Å². The van der Waals surface area contributed by atoms with Gasteiger partial charge in [-0.25, -0.2) is 4.98 Å². The number of nitrogens with one attached hydrogen (secondary N) is 1.